The first-order valence-corrected chi connectivity index (χ1v) is 10.0. The lowest BCUT2D eigenvalue weighted by molar-refractivity contribution is -0.0174. The SMILES string of the molecule is CN=C(NCC(C)N1CCOCC1C)NC1CCN(CC(C)C)CC1.I. The average Bonchev–Trinajstić information content (AvgIpc) is 2.59. The third-order valence-electron chi connectivity index (χ3n) is 5.33. The molecule has 2 aliphatic heterocycles. The van der Waals surface area contributed by atoms with E-state index in [4.69, 9.17) is 4.74 Å². The summed E-state index contributed by atoms with van der Waals surface area (Å²) in [6.45, 7) is 16.3. The van der Waals surface area contributed by atoms with Crippen LogP contribution in [0.15, 0.2) is 4.99 Å². The Labute approximate surface area is 177 Å². The molecule has 2 aliphatic rings. The number of ether oxygens (including phenoxy) is 1. The summed E-state index contributed by atoms with van der Waals surface area (Å²) in [6.07, 6.45) is 2.40. The minimum atomic E-state index is 0. The Morgan fingerprint density at radius 3 is 2.46 bits per heavy atom. The normalized spacial score (nSPS) is 25.0. The summed E-state index contributed by atoms with van der Waals surface area (Å²) in [7, 11) is 1.87. The van der Waals surface area contributed by atoms with Gasteiger partial charge in [0, 0.05) is 57.9 Å². The number of rotatable bonds is 6. The van der Waals surface area contributed by atoms with E-state index in [1.165, 1.54) is 32.5 Å². The highest BCUT2D eigenvalue weighted by molar-refractivity contribution is 14.0. The number of morpholine rings is 1. The molecule has 0 aromatic rings. The summed E-state index contributed by atoms with van der Waals surface area (Å²) < 4.78 is 5.54. The second kappa shape index (κ2) is 12.4. The number of halogens is 1. The van der Waals surface area contributed by atoms with Gasteiger partial charge in [-0.25, -0.2) is 0 Å². The fourth-order valence-electron chi connectivity index (χ4n) is 3.92. The van der Waals surface area contributed by atoms with Gasteiger partial charge < -0.3 is 20.3 Å². The van der Waals surface area contributed by atoms with Crippen LogP contribution in [-0.4, -0.2) is 86.9 Å². The predicted molar refractivity (Wildman–Crippen MR) is 121 cm³/mol. The lowest BCUT2D eigenvalue weighted by Crippen LogP contribution is -2.54. The lowest BCUT2D eigenvalue weighted by Gasteiger charge is -2.38. The van der Waals surface area contributed by atoms with Crippen molar-refractivity contribution in [3.63, 3.8) is 0 Å². The first-order chi connectivity index (χ1) is 12.0. The van der Waals surface area contributed by atoms with Gasteiger partial charge in [0.1, 0.15) is 0 Å². The van der Waals surface area contributed by atoms with E-state index in [2.05, 4.69) is 53.1 Å². The van der Waals surface area contributed by atoms with Crippen molar-refractivity contribution in [1.29, 1.82) is 0 Å². The Balaban J connectivity index is 0.00000338. The van der Waals surface area contributed by atoms with Crippen LogP contribution in [-0.2, 0) is 4.74 Å². The fourth-order valence-corrected chi connectivity index (χ4v) is 3.92. The van der Waals surface area contributed by atoms with Gasteiger partial charge >= 0.3 is 0 Å². The zero-order valence-electron chi connectivity index (χ0n) is 17.3. The van der Waals surface area contributed by atoms with Crippen LogP contribution in [0.4, 0.5) is 0 Å². The molecule has 0 saturated carbocycles. The second-order valence-corrected chi connectivity index (χ2v) is 8.08. The molecule has 2 saturated heterocycles. The molecule has 2 unspecified atom stereocenters. The molecule has 2 atom stereocenters. The summed E-state index contributed by atoms with van der Waals surface area (Å²) in [5.74, 6) is 1.69. The topological polar surface area (TPSA) is 52.1 Å². The van der Waals surface area contributed by atoms with Crippen LogP contribution in [0.25, 0.3) is 0 Å². The molecule has 0 bridgehead atoms. The molecule has 0 amide bonds. The number of hydrogen-bond acceptors (Lipinski definition) is 4. The highest BCUT2D eigenvalue weighted by atomic mass is 127. The number of likely N-dealkylation sites (tertiary alicyclic amines) is 1. The van der Waals surface area contributed by atoms with Gasteiger partial charge in [-0.1, -0.05) is 13.8 Å². The van der Waals surface area contributed by atoms with E-state index in [0.717, 1.165) is 38.2 Å². The highest BCUT2D eigenvalue weighted by Crippen LogP contribution is 2.12. The van der Waals surface area contributed by atoms with E-state index in [-0.39, 0.29) is 24.0 Å². The Bertz CT molecular complexity index is 413. The predicted octanol–water partition coefficient (Wildman–Crippen LogP) is 2.00. The van der Waals surface area contributed by atoms with E-state index in [1.54, 1.807) is 0 Å². The van der Waals surface area contributed by atoms with Gasteiger partial charge in [0.25, 0.3) is 0 Å². The molecule has 0 spiro atoms. The van der Waals surface area contributed by atoms with Crippen molar-refractivity contribution in [3.8, 4) is 0 Å². The van der Waals surface area contributed by atoms with E-state index < -0.39 is 0 Å². The number of piperidine rings is 1. The highest BCUT2D eigenvalue weighted by Gasteiger charge is 2.24. The van der Waals surface area contributed by atoms with Gasteiger partial charge in [-0.05, 0) is 32.6 Å². The van der Waals surface area contributed by atoms with Gasteiger partial charge in [0.15, 0.2) is 5.96 Å². The first kappa shape index (κ1) is 23.9. The second-order valence-electron chi connectivity index (χ2n) is 8.08. The van der Waals surface area contributed by atoms with E-state index in [0.29, 0.717) is 18.1 Å². The van der Waals surface area contributed by atoms with E-state index in [1.807, 2.05) is 7.05 Å². The van der Waals surface area contributed by atoms with Crippen LogP contribution in [0.1, 0.15) is 40.5 Å². The van der Waals surface area contributed by atoms with E-state index >= 15 is 0 Å². The molecule has 2 rings (SSSR count). The maximum absolute atomic E-state index is 5.54. The smallest absolute Gasteiger partial charge is 0.191 e. The van der Waals surface area contributed by atoms with Crippen molar-refractivity contribution < 1.29 is 4.74 Å². The van der Waals surface area contributed by atoms with Gasteiger partial charge in [0.2, 0.25) is 0 Å². The van der Waals surface area contributed by atoms with Crippen LogP contribution < -0.4 is 10.6 Å². The molecule has 2 fully saturated rings. The third-order valence-corrected chi connectivity index (χ3v) is 5.33. The van der Waals surface area contributed by atoms with Crippen LogP contribution >= 0.6 is 24.0 Å². The molecule has 0 aromatic heterocycles. The molecule has 26 heavy (non-hydrogen) atoms. The molecule has 2 N–H and O–H groups in total. The molecule has 6 nitrogen and oxygen atoms in total. The minimum absolute atomic E-state index is 0. The standard InChI is InChI=1S/C19H39N5O.HI/c1-15(2)13-23-8-6-18(7-9-23)22-19(20-5)21-12-16(3)24-10-11-25-14-17(24)4;/h15-18H,6-14H2,1-5H3,(H2,20,21,22);1H. The molecule has 0 aliphatic carbocycles. The Kier molecular flexibility index (Phi) is 11.4. The largest absolute Gasteiger partial charge is 0.379 e. The van der Waals surface area contributed by atoms with Crippen LogP contribution in [0.5, 0.6) is 0 Å². The van der Waals surface area contributed by atoms with Crippen LogP contribution in [0.3, 0.4) is 0 Å². The Hall–Kier alpha value is -0.120. The maximum Gasteiger partial charge on any atom is 0.191 e. The summed E-state index contributed by atoms with van der Waals surface area (Å²) in [4.78, 5) is 9.53. The minimum Gasteiger partial charge on any atom is -0.379 e. The van der Waals surface area contributed by atoms with Crippen molar-refractivity contribution in [1.82, 2.24) is 20.4 Å². The monoisotopic (exact) mass is 481 g/mol. The number of guanidine groups is 1. The summed E-state index contributed by atoms with van der Waals surface area (Å²) in [5.41, 5.74) is 0. The van der Waals surface area contributed by atoms with Gasteiger partial charge in [0.05, 0.1) is 13.2 Å². The van der Waals surface area contributed by atoms with E-state index in [9.17, 15) is 0 Å². The maximum atomic E-state index is 5.54. The first-order valence-electron chi connectivity index (χ1n) is 10.0. The van der Waals surface area contributed by atoms with Gasteiger partial charge in [-0.2, -0.15) is 0 Å². The zero-order chi connectivity index (χ0) is 18.2. The van der Waals surface area contributed by atoms with Crippen molar-refractivity contribution >= 4 is 29.9 Å². The van der Waals surface area contributed by atoms with Crippen molar-refractivity contribution in [2.45, 2.75) is 58.7 Å². The molecule has 0 aromatic carbocycles. The number of nitrogens with zero attached hydrogens (tertiary/aromatic N) is 3. The fraction of sp³-hybridized carbons (Fsp3) is 0.947. The molecule has 154 valence electrons. The quantitative estimate of drug-likeness (QED) is 0.346. The van der Waals surface area contributed by atoms with Crippen molar-refractivity contribution in [3.05, 3.63) is 0 Å². The molecule has 0 radical (unpaired) electrons. The van der Waals surface area contributed by atoms with Crippen LogP contribution in [0, 0.1) is 5.92 Å². The van der Waals surface area contributed by atoms with Crippen LogP contribution in [0.2, 0.25) is 0 Å². The number of nitrogens with one attached hydrogen (secondary N) is 2. The average molecular weight is 481 g/mol. The Morgan fingerprint density at radius 1 is 1.19 bits per heavy atom. The summed E-state index contributed by atoms with van der Waals surface area (Å²) >= 11 is 0. The van der Waals surface area contributed by atoms with Crippen molar-refractivity contribution in [2.24, 2.45) is 10.9 Å². The lowest BCUT2D eigenvalue weighted by atomic mass is 10.0. The number of hydrogen-bond donors (Lipinski definition) is 2. The Morgan fingerprint density at radius 2 is 1.88 bits per heavy atom. The number of aliphatic imine (C=N–C) groups is 1. The third kappa shape index (κ3) is 7.86. The summed E-state index contributed by atoms with van der Waals surface area (Å²) in [6, 6.07) is 1.50. The molecular formula is C19H40IN5O. The van der Waals surface area contributed by atoms with Gasteiger partial charge in [-0.15, -0.1) is 24.0 Å². The van der Waals surface area contributed by atoms with Gasteiger partial charge in [-0.3, -0.25) is 9.89 Å². The zero-order valence-corrected chi connectivity index (χ0v) is 19.7. The molecule has 7 heteroatoms. The molecular weight excluding hydrogens is 441 g/mol. The summed E-state index contributed by atoms with van der Waals surface area (Å²) in [5, 5.41) is 7.14. The molecule has 2 heterocycles. The van der Waals surface area contributed by atoms with Crippen molar-refractivity contribution in [2.75, 3.05) is 53.0 Å².